The van der Waals surface area contributed by atoms with Gasteiger partial charge in [-0.1, -0.05) is 5.16 Å². The lowest BCUT2D eigenvalue weighted by Gasteiger charge is -2.32. The lowest BCUT2D eigenvalue weighted by molar-refractivity contribution is 0.0672. The Labute approximate surface area is 150 Å². The predicted molar refractivity (Wildman–Crippen MR) is 93.1 cm³/mol. The second-order valence-corrected chi connectivity index (χ2v) is 6.62. The number of hydrogen-bond donors (Lipinski definition) is 0. The first kappa shape index (κ1) is 16.4. The smallest absolute Gasteiger partial charge is 0.259 e. The minimum atomic E-state index is 0.0342. The number of nitrogens with zero attached hydrogens (tertiary/aromatic N) is 6. The number of carbonyl (C=O) groups excluding carboxylic acids is 1. The maximum Gasteiger partial charge on any atom is 0.259 e. The first-order valence-corrected chi connectivity index (χ1v) is 8.70. The molecule has 4 rings (SSSR count). The van der Waals surface area contributed by atoms with Crippen molar-refractivity contribution in [2.24, 2.45) is 13.0 Å². The summed E-state index contributed by atoms with van der Waals surface area (Å²) in [5, 5.41) is 8.17. The lowest BCUT2D eigenvalue weighted by Crippen LogP contribution is -2.40. The number of amides is 1. The Balaban J connectivity index is 1.41. The SMILES string of the molecule is Cn1cc(C(=O)N2CCCC(Cc3noc(-c4cccnc4)n3)C2)cn1. The summed E-state index contributed by atoms with van der Waals surface area (Å²) in [4.78, 5) is 23.1. The van der Waals surface area contributed by atoms with Crippen LogP contribution in [0.1, 0.15) is 29.0 Å². The van der Waals surface area contributed by atoms with Crippen molar-refractivity contribution in [3.63, 3.8) is 0 Å². The van der Waals surface area contributed by atoms with E-state index in [4.69, 9.17) is 4.52 Å². The summed E-state index contributed by atoms with van der Waals surface area (Å²) in [6.07, 6.45) is 9.50. The van der Waals surface area contributed by atoms with Crippen LogP contribution in [0.5, 0.6) is 0 Å². The van der Waals surface area contributed by atoms with Crippen LogP contribution >= 0.6 is 0 Å². The Morgan fingerprint density at radius 1 is 1.38 bits per heavy atom. The molecule has 0 aliphatic carbocycles. The van der Waals surface area contributed by atoms with Crippen LogP contribution < -0.4 is 0 Å². The minimum Gasteiger partial charge on any atom is -0.338 e. The Morgan fingerprint density at radius 2 is 2.31 bits per heavy atom. The van der Waals surface area contributed by atoms with Crippen LogP contribution in [0, 0.1) is 5.92 Å². The van der Waals surface area contributed by atoms with E-state index in [9.17, 15) is 4.79 Å². The van der Waals surface area contributed by atoms with Gasteiger partial charge >= 0.3 is 0 Å². The molecule has 1 aliphatic rings. The van der Waals surface area contributed by atoms with Crippen molar-refractivity contribution < 1.29 is 9.32 Å². The van der Waals surface area contributed by atoms with E-state index in [0.717, 1.165) is 24.9 Å². The summed E-state index contributed by atoms with van der Waals surface area (Å²) in [6, 6.07) is 3.72. The summed E-state index contributed by atoms with van der Waals surface area (Å²) in [5.74, 6) is 1.51. The van der Waals surface area contributed by atoms with Gasteiger partial charge in [-0.15, -0.1) is 0 Å². The number of pyridine rings is 1. The second-order valence-electron chi connectivity index (χ2n) is 6.62. The third-order valence-corrected chi connectivity index (χ3v) is 4.61. The lowest BCUT2D eigenvalue weighted by atomic mass is 9.94. The summed E-state index contributed by atoms with van der Waals surface area (Å²) in [6.45, 7) is 1.47. The van der Waals surface area contributed by atoms with Gasteiger partial charge in [0.25, 0.3) is 11.8 Å². The van der Waals surface area contributed by atoms with Crippen molar-refractivity contribution in [2.75, 3.05) is 13.1 Å². The third kappa shape index (κ3) is 3.49. The van der Waals surface area contributed by atoms with E-state index < -0.39 is 0 Å². The molecule has 26 heavy (non-hydrogen) atoms. The molecule has 1 fully saturated rings. The zero-order valence-electron chi connectivity index (χ0n) is 14.6. The van der Waals surface area contributed by atoms with Gasteiger partial charge in [0, 0.05) is 45.1 Å². The van der Waals surface area contributed by atoms with Gasteiger partial charge in [0.15, 0.2) is 5.82 Å². The fourth-order valence-corrected chi connectivity index (χ4v) is 3.33. The minimum absolute atomic E-state index is 0.0342. The monoisotopic (exact) mass is 352 g/mol. The van der Waals surface area contributed by atoms with Gasteiger partial charge < -0.3 is 9.42 Å². The number of rotatable bonds is 4. The molecule has 1 amide bonds. The first-order valence-electron chi connectivity index (χ1n) is 8.70. The van der Waals surface area contributed by atoms with Crippen molar-refractivity contribution >= 4 is 5.91 Å². The average molecular weight is 352 g/mol. The fourth-order valence-electron chi connectivity index (χ4n) is 3.33. The molecule has 4 heterocycles. The molecule has 8 nitrogen and oxygen atoms in total. The van der Waals surface area contributed by atoms with Crippen molar-refractivity contribution in [3.8, 4) is 11.5 Å². The van der Waals surface area contributed by atoms with Gasteiger partial charge in [-0.2, -0.15) is 10.1 Å². The molecule has 3 aromatic rings. The molecule has 0 aromatic carbocycles. The molecule has 1 saturated heterocycles. The molecule has 134 valence electrons. The predicted octanol–water partition coefficient (Wildman–Crippen LogP) is 1.96. The standard InChI is InChI=1S/C18H20N6O2/c1-23-12-15(10-20-23)18(25)24-7-3-4-13(11-24)8-16-21-17(26-22-16)14-5-2-6-19-9-14/h2,5-6,9-10,12-13H,3-4,7-8,11H2,1H3. The third-order valence-electron chi connectivity index (χ3n) is 4.61. The Kier molecular flexibility index (Phi) is 4.47. The molecule has 3 aromatic heterocycles. The van der Waals surface area contributed by atoms with Gasteiger partial charge in [-0.25, -0.2) is 0 Å². The summed E-state index contributed by atoms with van der Waals surface area (Å²) in [7, 11) is 1.81. The van der Waals surface area contributed by atoms with Gasteiger partial charge in [0.05, 0.1) is 17.3 Å². The van der Waals surface area contributed by atoms with Crippen LogP contribution in [0.3, 0.4) is 0 Å². The Hall–Kier alpha value is -3.03. The molecule has 1 atom stereocenters. The molecular formula is C18H20N6O2. The molecule has 0 bridgehead atoms. The quantitative estimate of drug-likeness (QED) is 0.713. The Bertz CT molecular complexity index is 888. The first-order chi connectivity index (χ1) is 12.7. The second kappa shape index (κ2) is 7.07. The highest BCUT2D eigenvalue weighted by molar-refractivity contribution is 5.93. The van der Waals surface area contributed by atoms with Crippen molar-refractivity contribution in [1.82, 2.24) is 29.8 Å². The number of piperidine rings is 1. The van der Waals surface area contributed by atoms with Crippen molar-refractivity contribution in [3.05, 3.63) is 48.3 Å². The van der Waals surface area contributed by atoms with Crippen LogP contribution in [0.4, 0.5) is 0 Å². The molecular weight excluding hydrogens is 332 g/mol. The summed E-state index contributed by atoms with van der Waals surface area (Å²) in [5.41, 5.74) is 1.44. The van der Waals surface area contributed by atoms with Gasteiger partial charge in [-0.05, 0) is 30.9 Å². The zero-order chi connectivity index (χ0) is 17.9. The Morgan fingerprint density at radius 3 is 3.08 bits per heavy atom. The van der Waals surface area contributed by atoms with Crippen LogP contribution in [0.15, 0.2) is 41.4 Å². The maximum atomic E-state index is 12.6. The van der Waals surface area contributed by atoms with Gasteiger partial charge in [0.1, 0.15) is 0 Å². The van der Waals surface area contributed by atoms with Crippen LogP contribution in [0.25, 0.3) is 11.5 Å². The van der Waals surface area contributed by atoms with E-state index in [1.165, 1.54) is 0 Å². The van der Waals surface area contributed by atoms with E-state index in [-0.39, 0.29) is 5.91 Å². The maximum absolute atomic E-state index is 12.6. The van der Waals surface area contributed by atoms with E-state index in [1.807, 2.05) is 24.1 Å². The fraction of sp³-hybridized carbons (Fsp3) is 0.389. The van der Waals surface area contributed by atoms with Crippen LogP contribution in [0.2, 0.25) is 0 Å². The number of aromatic nitrogens is 5. The van der Waals surface area contributed by atoms with Crippen molar-refractivity contribution in [2.45, 2.75) is 19.3 Å². The number of carbonyl (C=O) groups is 1. The van der Waals surface area contributed by atoms with E-state index in [2.05, 4.69) is 20.2 Å². The van der Waals surface area contributed by atoms with E-state index in [0.29, 0.717) is 36.2 Å². The highest BCUT2D eigenvalue weighted by Crippen LogP contribution is 2.23. The normalized spacial score (nSPS) is 17.4. The molecule has 0 spiro atoms. The zero-order valence-corrected chi connectivity index (χ0v) is 14.6. The number of likely N-dealkylation sites (tertiary alicyclic amines) is 1. The largest absolute Gasteiger partial charge is 0.338 e. The van der Waals surface area contributed by atoms with Crippen molar-refractivity contribution in [1.29, 1.82) is 0 Å². The van der Waals surface area contributed by atoms with Gasteiger partial charge in [0.2, 0.25) is 0 Å². The molecule has 1 unspecified atom stereocenters. The molecule has 0 N–H and O–H groups in total. The summed E-state index contributed by atoms with van der Waals surface area (Å²) < 4.78 is 6.99. The highest BCUT2D eigenvalue weighted by atomic mass is 16.5. The molecule has 8 heteroatoms. The van der Waals surface area contributed by atoms with Gasteiger partial charge in [-0.3, -0.25) is 14.5 Å². The number of aryl methyl sites for hydroxylation is 1. The molecule has 0 saturated carbocycles. The molecule has 0 radical (unpaired) electrons. The average Bonchev–Trinajstić information content (AvgIpc) is 3.31. The highest BCUT2D eigenvalue weighted by Gasteiger charge is 2.26. The molecule has 1 aliphatic heterocycles. The van der Waals surface area contributed by atoms with E-state index >= 15 is 0 Å². The van der Waals surface area contributed by atoms with Crippen LogP contribution in [-0.4, -0.2) is 48.8 Å². The van der Waals surface area contributed by atoms with Crippen LogP contribution in [-0.2, 0) is 13.5 Å². The number of hydrogen-bond acceptors (Lipinski definition) is 6. The van der Waals surface area contributed by atoms with E-state index in [1.54, 1.807) is 29.5 Å². The summed E-state index contributed by atoms with van der Waals surface area (Å²) >= 11 is 0. The topological polar surface area (TPSA) is 89.9 Å².